The molecule has 1 aliphatic rings. The molecule has 0 aromatic heterocycles. The fourth-order valence-corrected chi connectivity index (χ4v) is 2.64. The van der Waals surface area contributed by atoms with E-state index in [0.717, 1.165) is 37.4 Å². The normalized spacial score (nSPS) is 19.4. The summed E-state index contributed by atoms with van der Waals surface area (Å²) in [4.78, 5) is 2.37. The van der Waals surface area contributed by atoms with Crippen LogP contribution in [0, 0.1) is 24.6 Å². The van der Waals surface area contributed by atoms with Gasteiger partial charge in [-0.3, -0.25) is 0 Å². The number of benzene rings is 1. The molecule has 0 saturated carbocycles. The Morgan fingerprint density at radius 3 is 2.89 bits per heavy atom. The Balaban J connectivity index is 1.85. The molecule has 2 nitrogen and oxygen atoms in total. The van der Waals surface area contributed by atoms with Crippen LogP contribution in [0.1, 0.15) is 25.8 Å². The van der Waals surface area contributed by atoms with Crippen molar-refractivity contribution in [2.24, 2.45) is 11.8 Å². The van der Waals surface area contributed by atoms with Gasteiger partial charge in [0.2, 0.25) is 0 Å². The predicted octanol–water partition coefficient (Wildman–Crippen LogP) is 3.21. The van der Waals surface area contributed by atoms with E-state index >= 15 is 0 Å². The number of hydrogen-bond acceptors (Lipinski definition) is 2. The van der Waals surface area contributed by atoms with E-state index in [9.17, 15) is 4.39 Å². The molecule has 0 spiro atoms. The lowest BCUT2D eigenvalue weighted by Crippen LogP contribution is -2.28. The highest BCUT2D eigenvalue weighted by Crippen LogP contribution is 2.25. The Labute approximate surface area is 116 Å². The van der Waals surface area contributed by atoms with Gasteiger partial charge in [-0.15, -0.1) is 0 Å². The number of anilines is 1. The molecule has 0 aliphatic carbocycles. The van der Waals surface area contributed by atoms with Gasteiger partial charge in [0.15, 0.2) is 0 Å². The number of hydrogen-bond donors (Lipinski definition) is 1. The first-order valence-corrected chi connectivity index (χ1v) is 7.28. The highest BCUT2D eigenvalue weighted by Gasteiger charge is 2.22. The van der Waals surface area contributed by atoms with Gasteiger partial charge in [-0.2, -0.15) is 0 Å². The van der Waals surface area contributed by atoms with Gasteiger partial charge in [-0.05, 0) is 62.0 Å². The predicted molar refractivity (Wildman–Crippen MR) is 79.2 cm³/mol. The topological polar surface area (TPSA) is 15.3 Å². The maximum Gasteiger partial charge on any atom is 0.126 e. The van der Waals surface area contributed by atoms with Crippen molar-refractivity contribution in [2.45, 2.75) is 27.2 Å². The summed E-state index contributed by atoms with van der Waals surface area (Å²) in [5, 5.41) is 3.53. The van der Waals surface area contributed by atoms with Crippen molar-refractivity contribution in [2.75, 3.05) is 31.1 Å². The van der Waals surface area contributed by atoms with Crippen LogP contribution in [0.3, 0.4) is 0 Å². The maximum absolute atomic E-state index is 13.3. The van der Waals surface area contributed by atoms with Crippen molar-refractivity contribution < 1.29 is 4.39 Å². The third-order valence-electron chi connectivity index (χ3n) is 3.78. The van der Waals surface area contributed by atoms with Gasteiger partial charge >= 0.3 is 0 Å². The first-order valence-electron chi connectivity index (χ1n) is 7.28. The molecule has 19 heavy (non-hydrogen) atoms. The summed E-state index contributed by atoms with van der Waals surface area (Å²) >= 11 is 0. The maximum atomic E-state index is 13.3. The highest BCUT2D eigenvalue weighted by atomic mass is 19.1. The van der Waals surface area contributed by atoms with E-state index in [1.54, 1.807) is 6.07 Å². The minimum Gasteiger partial charge on any atom is -0.371 e. The third kappa shape index (κ3) is 3.93. The van der Waals surface area contributed by atoms with Crippen LogP contribution in [0.5, 0.6) is 0 Å². The van der Waals surface area contributed by atoms with Crippen LogP contribution in [0.25, 0.3) is 0 Å². The second-order valence-electron chi connectivity index (χ2n) is 6.09. The van der Waals surface area contributed by atoms with Crippen molar-refractivity contribution in [1.29, 1.82) is 0 Å². The fourth-order valence-electron chi connectivity index (χ4n) is 2.64. The first-order chi connectivity index (χ1) is 9.06. The largest absolute Gasteiger partial charge is 0.371 e. The standard InChI is InChI=1S/C16H25FN2/c1-12(2)9-18-10-14-6-7-19(11-14)15-4-5-16(17)13(3)8-15/h4-5,8,12,14,18H,6-7,9-11H2,1-3H3. The molecular formula is C16H25FN2. The molecule has 0 amide bonds. The summed E-state index contributed by atoms with van der Waals surface area (Å²) in [5.41, 5.74) is 1.89. The second kappa shape index (κ2) is 6.38. The van der Waals surface area contributed by atoms with E-state index in [2.05, 4.69) is 24.1 Å². The van der Waals surface area contributed by atoms with Gasteiger partial charge < -0.3 is 10.2 Å². The molecule has 106 valence electrons. The Bertz CT molecular complexity index is 417. The van der Waals surface area contributed by atoms with Crippen molar-refractivity contribution >= 4 is 5.69 Å². The molecule has 1 unspecified atom stereocenters. The Morgan fingerprint density at radius 1 is 1.42 bits per heavy atom. The Morgan fingerprint density at radius 2 is 2.21 bits per heavy atom. The van der Waals surface area contributed by atoms with Gasteiger partial charge in [-0.25, -0.2) is 4.39 Å². The highest BCUT2D eigenvalue weighted by molar-refractivity contribution is 5.49. The summed E-state index contributed by atoms with van der Waals surface area (Å²) in [6.07, 6.45) is 1.22. The summed E-state index contributed by atoms with van der Waals surface area (Å²) in [6, 6.07) is 5.43. The van der Waals surface area contributed by atoms with E-state index < -0.39 is 0 Å². The van der Waals surface area contributed by atoms with Crippen LogP contribution >= 0.6 is 0 Å². The summed E-state index contributed by atoms with van der Waals surface area (Å²) in [7, 11) is 0. The first kappa shape index (κ1) is 14.3. The van der Waals surface area contributed by atoms with Crippen LogP contribution < -0.4 is 10.2 Å². The van der Waals surface area contributed by atoms with Crippen LogP contribution in [-0.2, 0) is 0 Å². The lowest BCUT2D eigenvalue weighted by atomic mass is 10.1. The number of halogens is 1. The van der Waals surface area contributed by atoms with Gasteiger partial charge in [0.05, 0.1) is 0 Å². The average molecular weight is 264 g/mol. The number of nitrogens with zero attached hydrogens (tertiary/aromatic N) is 1. The van der Waals surface area contributed by atoms with E-state index in [1.807, 2.05) is 19.1 Å². The van der Waals surface area contributed by atoms with Crippen molar-refractivity contribution in [3.8, 4) is 0 Å². The summed E-state index contributed by atoms with van der Waals surface area (Å²) in [5.74, 6) is 1.31. The van der Waals surface area contributed by atoms with Gasteiger partial charge in [-0.1, -0.05) is 13.8 Å². The molecule has 3 heteroatoms. The minimum atomic E-state index is -0.113. The zero-order valence-corrected chi connectivity index (χ0v) is 12.2. The molecule has 0 radical (unpaired) electrons. The second-order valence-corrected chi connectivity index (χ2v) is 6.09. The Kier molecular flexibility index (Phi) is 4.81. The zero-order valence-electron chi connectivity index (χ0n) is 12.2. The molecule has 1 aromatic rings. The van der Waals surface area contributed by atoms with E-state index in [4.69, 9.17) is 0 Å². The summed E-state index contributed by atoms with van der Waals surface area (Å²) < 4.78 is 13.3. The lowest BCUT2D eigenvalue weighted by Gasteiger charge is -2.19. The van der Waals surface area contributed by atoms with Crippen LogP contribution in [0.4, 0.5) is 10.1 Å². The smallest absolute Gasteiger partial charge is 0.126 e. The van der Waals surface area contributed by atoms with Gasteiger partial charge in [0, 0.05) is 18.8 Å². The van der Waals surface area contributed by atoms with Crippen LogP contribution in [0.2, 0.25) is 0 Å². The molecule has 1 fully saturated rings. The molecule has 1 N–H and O–H groups in total. The average Bonchev–Trinajstić information content (AvgIpc) is 2.81. The quantitative estimate of drug-likeness (QED) is 0.878. The van der Waals surface area contributed by atoms with E-state index in [1.165, 1.54) is 6.42 Å². The molecule has 0 bridgehead atoms. The van der Waals surface area contributed by atoms with Crippen molar-refractivity contribution in [3.05, 3.63) is 29.6 Å². The molecule has 1 aliphatic heterocycles. The van der Waals surface area contributed by atoms with Crippen LogP contribution in [0.15, 0.2) is 18.2 Å². The molecule has 1 aromatic carbocycles. The number of nitrogens with one attached hydrogen (secondary N) is 1. The van der Waals surface area contributed by atoms with Crippen molar-refractivity contribution in [3.63, 3.8) is 0 Å². The third-order valence-corrected chi connectivity index (χ3v) is 3.78. The zero-order chi connectivity index (χ0) is 13.8. The number of rotatable bonds is 5. The Hall–Kier alpha value is -1.09. The molecule has 1 atom stereocenters. The minimum absolute atomic E-state index is 0.113. The van der Waals surface area contributed by atoms with Crippen LogP contribution in [-0.4, -0.2) is 26.2 Å². The SMILES string of the molecule is Cc1cc(N2CCC(CNCC(C)C)C2)ccc1F. The molecule has 1 heterocycles. The van der Waals surface area contributed by atoms with Crippen molar-refractivity contribution in [1.82, 2.24) is 5.32 Å². The summed E-state index contributed by atoms with van der Waals surface area (Å²) in [6.45, 7) is 10.6. The molecule has 2 rings (SSSR count). The molecular weight excluding hydrogens is 239 g/mol. The van der Waals surface area contributed by atoms with E-state index in [-0.39, 0.29) is 5.82 Å². The van der Waals surface area contributed by atoms with Gasteiger partial charge in [0.25, 0.3) is 0 Å². The van der Waals surface area contributed by atoms with Gasteiger partial charge in [0.1, 0.15) is 5.82 Å². The fraction of sp³-hybridized carbons (Fsp3) is 0.625. The monoisotopic (exact) mass is 264 g/mol. The lowest BCUT2D eigenvalue weighted by molar-refractivity contribution is 0.477. The number of aryl methyl sites for hydroxylation is 1. The molecule has 1 saturated heterocycles. The van der Waals surface area contributed by atoms with E-state index in [0.29, 0.717) is 11.8 Å².